The number of halogens is 5. The van der Waals surface area contributed by atoms with Crippen LogP contribution >= 0.6 is 11.6 Å². The molecule has 1 aromatic rings. The van der Waals surface area contributed by atoms with Gasteiger partial charge in [-0.1, -0.05) is 11.6 Å². The van der Waals surface area contributed by atoms with E-state index in [1.165, 1.54) is 0 Å². The van der Waals surface area contributed by atoms with Crippen LogP contribution in [0, 0.1) is 5.82 Å². The Morgan fingerprint density at radius 3 is 2.40 bits per heavy atom. The molecule has 15 heavy (non-hydrogen) atoms. The van der Waals surface area contributed by atoms with Crippen LogP contribution in [-0.4, -0.2) is 15.8 Å². The molecule has 3 nitrogen and oxygen atoms in total. The van der Waals surface area contributed by atoms with E-state index in [2.05, 4.69) is 5.10 Å². The van der Waals surface area contributed by atoms with Crippen LogP contribution in [0.25, 0.3) is 0 Å². The summed E-state index contributed by atoms with van der Waals surface area (Å²) in [4.78, 5) is 0. The van der Waals surface area contributed by atoms with Crippen molar-refractivity contribution in [2.24, 2.45) is 5.73 Å². The van der Waals surface area contributed by atoms with Gasteiger partial charge in [0.05, 0.1) is 6.54 Å². The third-order valence-electron chi connectivity index (χ3n) is 1.57. The molecule has 0 amide bonds. The molecule has 1 rings (SSSR count). The first-order valence-corrected chi connectivity index (χ1v) is 4.36. The van der Waals surface area contributed by atoms with Crippen molar-refractivity contribution in [1.29, 1.82) is 0 Å². The molecule has 0 fully saturated rings. The van der Waals surface area contributed by atoms with Gasteiger partial charge < -0.3 is 5.73 Å². The monoisotopic (exact) mass is 245 g/mol. The highest BCUT2D eigenvalue weighted by molar-refractivity contribution is 6.29. The van der Waals surface area contributed by atoms with E-state index in [9.17, 15) is 17.6 Å². The highest BCUT2D eigenvalue weighted by atomic mass is 35.5. The number of hydrogen-bond donors (Lipinski definition) is 1. The minimum atomic E-state index is -4.85. The highest BCUT2D eigenvalue weighted by Crippen LogP contribution is 2.33. The quantitative estimate of drug-likeness (QED) is 0.811. The number of aromatic nitrogens is 2. The third kappa shape index (κ3) is 2.60. The number of nitrogens with zero attached hydrogens (tertiary/aromatic N) is 2. The summed E-state index contributed by atoms with van der Waals surface area (Å²) in [5.41, 5.74) is 3.72. The fraction of sp³-hybridized carbons (Fsp3) is 0.571. The lowest BCUT2D eigenvalue weighted by atomic mass is 10.4. The summed E-state index contributed by atoms with van der Waals surface area (Å²) in [5, 5.41) is 2.34. The molecule has 0 bridgehead atoms. The zero-order valence-corrected chi connectivity index (χ0v) is 8.40. The second kappa shape index (κ2) is 3.97. The Kier molecular flexibility index (Phi) is 3.25. The van der Waals surface area contributed by atoms with Gasteiger partial charge in [0.2, 0.25) is 5.69 Å². The van der Waals surface area contributed by atoms with Gasteiger partial charge in [-0.25, -0.2) is 9.07 Å². The lowest BCUT2D eigenvalue weighted by Crippen LogP contribution is -2.23. The normalized spacial score (nSPS) is 14.3. The van der Waals surface area contributed by atoms with E-state index in [4.69, 9.17) is 17.3 Å². The van der Waals surface area contributed by atoms with E-state index < -0.39 is 28.9 Å². The van der Waals surface area contributed by atoms with Gasteiger partial charge in [0.15, 0.2) is 11.0 Å². The molecular formula is C7H8ClF4N3. The van der Waals surface area contributed by atoms with E-state index in [0.717, 1.165) is 0 Å². The Balaban J connectivity index is 3.13. The Morgan fingerprint density at radius 1 is 1.53 bits per heavy atom. The SMILES string of the molecule is C[C@H](N)Cn1nc(C(F)(F)F)c(F)c1Cl. The summed E-state index contributed by atoms with van der Waals surface area (Å²) >= 11 is 5.33. The number of hydrogen-bond acceptors (Lipinski definition) is 2. The lowest BCUT2D eigenvalue weighted by Gasteiger charge is -2.05. The zero-order valence-electron chi connectivity index (χ0n) is 7.65. The third-order valence-corrected chi connectivity index (χ3v) is 1.93. The van der Waals surface area contributed by atoms with Crippen molar-refractivity contribution in [3.05, 3.63) is 16.7 Å². The smallest absolute Gasteiger partial charge is 0.326 e. The van der Waals surface area contributed by atoms with Crippen molar-refractivity contribution < 1.29 is 17.6 Å². The molecule has 86 valence electrons. The topological polar surface area (TPSA) is 43.8 Å². The van der Waals surface area contributed by atoms with Gasteiger partial charge in [-0.3, -0.25) is 0 Å². The summed E-state index contributed by atoms with van der Waals surface area (Å²) in [6, 6.07) is -0.470. The van der Waals surface area contributed by atoms with Gasteiger partial charge in [-0.2, -0.15) is 18.3 Å². The first-order valence-electron chi connectivity index (χ1n) is 3.98. The van der Waals surface area contributed by atoms with Crippen molar-refractivity contribution in [3.8, 4) is 0 Å². The van der Waals surface area contributed by atoms with Crippen molar-refractivity contribution in [1.82, 2.24) is 9.78 Å². The summed E-state index contributed by atoms with van der Waals surface area (Å²) in [6.45, 7) is 1.47. The summed E-state index contributed by atoms with van der Waals surface area (Å²) < 4.78 is 50.2. The molecule has 0 aromatic carbocycles. The van der Waals surface area contributed by atoms with Crippen LogP contribution in [0.4, 0.5) is 17.6 Å². The fourth-order valence-corrected chi connectivity index (χ4v) is 1.19. The van der Waals surface area contributed by atoms with Gasteiger partial charge in [0.1, 0.15) is 0 Å². The molecule has 0 aliphatic carbocycles. The van der Waals surface area contributed by atoms with Crippen molar-refractivity contribution in [2.45, 2.75) is 25.7 Å². The Labute approximate surface area is 87.8 Å². The molecule has 0 radical (unpaired) electrons. The summed E-state index contributed by atoms with van der Waals surface area (Å²) in [5.74, 6) is -1.56. The number of nitrogens with two attached hydrogens (primary N) is 1. The average molecular weight is 246 g/mol. The summed E-state index contributed by atoms with van der Waals surface area (Å²) in [6.07, 6.45) is -4.85. The van der Waals surface area contributed by atoms with Crippen LogP contribution in [0.15, 0.2) is 0 Å². The molecule has 2 N–H and O–H groups in total. The van der Waals surface area contributed by atoms with Gasteiger partial charge in [0, 0.05) is 6.04 Å². The zero-order chi connectivity index (χ0) is 11.8. The minimum Gasteiger partial charge on any atom is -0.326 e. The van der Waals surface area contributed by atoms with E-state index >= 15 is 0 Å². The van der Waals surface area contributed by atoms with Crippen molar-refractivity contribution in [3.63, 3.8) is 0 Å². The van der Waals surface area contributed by atoms with Crippen molar-refractivity contribution in [2.75, 3.05) is 0 Å². The average Bonchev–Trinajstić information content (AvgIpc) is 2.30. The molecule has 0 aliphatic rings. The highest BCUT2D eigenvalue weighted by Gasteiger charge is 2.39. The van der Waals surface area contributed by atoms with E-state index in [1.807, 2.05) is 0 Å². The predicted octanol–water partition coefficient (Wildman–Crippen LogP) is 2.04. The number of alkyl halides is 3. The molecule has 1 atom stereocenters. The second-order valence-corrected chi connectivity index (χ2v) is 3.47. The first kappa shape index (κ1) is 12.3. The molecule has 0 unspecified atom stereocenters. The van der Waals surface area contributed by atoms with E-state index in [0.29, 0.717) is 4.68 Å². The van der Waals surface area contributed by atoms with Crippen LogP contribution in [0.1, 0.15) is 12.6 Å². The molecule has 1 aromatic heterocycles. The maximum absolute atomic E-state index is 13.0. The molecule has 0 saturated carbocycles. The molecular weight excluding hydrogens is 238 g/mol. The Bertz CT molecular complexity index is 358. The Hall–Kier alpha value is -0.820. The van der Waals surface area contributed by atoms with Crippen LogP contribution in [0.5, 0.6) is 0 Å². The van der Waals surface area contributed by atoms with Crippen LogP contribution in [-0.2, 0) is 12.7 Å². The van der Waals surface area contributed by atoms with E-state index in [1.54, 1.807) is 6.92 Å². The number of rotatable bonds is 2. The van der Waals surface area contributed by atoms with E-state index in [-0.39, 0.29) is 6.54 Å². The van der Waals surface area contributed by atoms with Crippen molar-refractivity contribution >= 4 is 11.6 Å². The fourth-order valence-electron chi connectivity index (χ4n) is 0.994. The predicted molar refractivity (Wildman–Crippen MR) is 45.8 cm³/mol. The maximum atomic E-state index is 13.0. The second-order valence-electron chi connectivity index (χ2n) is 3.11. The van der Waals surface area contributed by atoms with Gasteiger partial charge in [0.25, 0.3) is 0 Å². The maximum Gasteiger partial charge on any atom is 0.438 e. The van der Waals surface area contributed by atoms with Crippen LogP contribution in [0.3, 0.4) is 0 Å². The van der Waals surface area contributed by atoms with Gasteiger partial charge in [-0.15, -0.1) is 0 Å². The lowest BCUT2D eigenvalue weighted by molar-refractivity contribution is -0.143. The minimum absolute atomic E-state index is 0.0775. The largest absolute Gasteiger partial charge is 0.438 e. The standard InChI is InChI=1S/C7H8ClF4N3/c1-3(13)2-15-6(8)4(9)5(14-15)7(10,11)12/h3H,2,13H2,1H3/t3-/m0/s1. The van der Waals surface area contributed by atoms with Gasteiger partial charge >= 0.3 is 6.18 Å². The first-order chi connectivity index (χ1) is 6.73. The molecule has 0 spiro atoms. The summed E-state index contributed by atoms with van der Waals surface area (Å²) in [7, 11) is 0. The van der Waals surface area contributed by atoms with Crippen LogP contribution < -0.4 is 5.73 Å². The molecule has 1 heterocycles. The van der Waals surface area contributed by atoms with Gasteiger partial charge in [-0.05, 0) is 6.92 Å². The molecule has 0 saturated heterocycles. The molecule has 8 heteroatoms. The molecule has 0 aliphatic heterocycles. The Morgan fingerprint density at radius 2 is 2.07 bits per heavy atom. The van der Waals surface area contributed by atoms with Crippen LogP contribution in [0.2, 0.25) is 5.15 Å².